The Morgan fingerprint density at radius 1 is 0.727 bits per heavy atom. The lowest BCUT2D eigenvalue weighted by Crippen LogP contribution is -2.25. The third-order valence-corrected chi connectivity index (χ3v) is 9.55. The number of hydrogen-bond acceptors (Lipinski definition) is 0. The average Bonchev–Trinajstić information content (AvgIpc) is 2.88. The van der Waals surface area contributed by atoms with Gasteiger partial charge in [0.1, 0.15) is 0 Å². The molecule has 1 aromatic carbocycles. The molecular formula is C33H48. The van der Waals surface area contributed by atoms with Crippen LogP contribution < -0.4 is 0 Å². The molecule has 0 heteroatoms. The van der Waals surface area contributed by atoms with E-state index in [2.05, 4.69) is 62.1 Å². The van der Waals surface area contributed by atoms with Crippen LogP contribution in [-0.2, 0) is 0 Å². The van der Waals surface area contributed by atoms with Crippen LogP contribution in [0.15, 0.2) is 36.4 Å². The third kappa shape index (κ3) is 7.25. The van der Waals surface area contributed by atoms with Gasteiger partial charge in [-0.05, 0) is 123 Å². The third-order valence-electron chi connectivity index (χ3n) is 9.55. The van der Waals surface area contributed by atoms with E-state index in [1.165, 1.54) is 102 Å². The quantitative estimate of drug-likeness (QED) is 0.383. The van der Waals surface area contributed by atoms with Crippen molar-refractivity contribution in [3.63, 3.8) is 0 Å². The van der Waals surface area contributed by atoms with Crippen LogP contribution in [0, 0.1) is 41.4 Å². The first-order valence-electron chi connectivity index (χ1n) is 14.5. The highest BCUT2D eigenvalue weighted by Crippen LogP contribution is 2.42. The number of allylic oxidation sites excluding steroid dienone is 2. The zero-order valence-corrected chi connectivity index (χ0v) is 21.5. The molecule has 0 spiro atoms. The first-order chi connectivity index (χ1) is 16.2. The Labute approximate surface area is 205 Å². The van der Waals surface area contributed by atoms with E-state index in [4.69, 9.17) is 0 Å². The molecule has 0 aliphatic heterocycles. The van der Waals surface area contributed by atoms with Crippen LogP contribution in [0.2, 0.25) is 0 Å². The Morgan fingerprint density at radius 2 is 1.33 bits per heavy atom. The fourth-order valence-electron chi connectivity index (χ4n) is 7.22. The van der Waals surface area contributed by atoms with Crippen molar-refractivity contribution in [2.24, 2.45) is 29.6 Å². The van der Waals surface area contributed by atoms with Gasteiger partial charge in [-0.1, -0.05) is 76.0 Å². The van der Waals surface area contributed by atoms with Gasteiger partial charge in [0, 0.05) is 5.56 Å². The number of benzene rings is 1. The van der Waals surface area contributed by atoms with E-state index in [0.29, 0.717) is 0 Å². The molecule has 3 saturated carbocycles. The van der Waals surface area contributed by atoms with Crippen molar-refractivity contribution in [2.45, 2.75) is 116 Å². The second-order valence-electron chi connectivity index (χ2n) is 11.6. The second kappa shape index (κ2) is 12.8. The summed E-state index contributed by atoms with van der Waals surface area (Å²) in [5, 5.41) is 0. The smallest absolute Gasteiger partial charge is 0.0249 e. The summed E-state index contributed by atoms with van der Waals surface area (Å²) in [7, 11) is 0. The van der Waals surface area contributed by atoms with Gasteiger partial charge in [0.15, 0.2) is 0 Å². The Balaban J connectivity index is 1.18. The maximum Gasteiger partial charge on any atom is 0.0249 e. The molecule has 3 fully saturated rings. The predicted octanol–water partition coefficient (Wildman–Crippen LogP) is 9.69. The van der Waals surface area contributed by atoms with E-state index in [9.17, 15) is 0 Å². The van der Waals surface area contributed by atoms with Gasteiger partial charge in [0.25, 0.3) is 0 Å². The lowest BCUT2D eigenvalue weighted by Gasteiger charge is -2.37. The first-order valence-corrected chi connectivity index (χ1v) is 14.5. The summed E-state index contributed by atoms with van der Waals surface area (Å²) < 4.78 is 0. The van der Waals surface area contributed by atoms with E-state index < -0.39 is 0 Å². The summed E-state index contributed by atoms with van der Waals surface area (Å²) in [6.45, 7) is 4.69. The monoisotopic (exact) mass is 444 g/mol. The highest BCUT2D eigenvalue weighted by atomic mass is 14.4. The van der Waals surface area contributed by atoms with Crippen molar-refractivity contribution < 1.29 is 0 Å². The number of hydrogen-bond donors (Lipinski definition) is 0. The van der Waals surface area contributed by atoms with Gasteiger partial charge in [-0.15, -0.1) is 0 Å². The Morgan fingerprint density at radius 3 is 1.94 bits per heavy atom. The molecule has 0 unspecified atom stereocenters. The second-order valence-corrected chi connectivity index (χ2v) is 11.6. The summed E-state index contributed by atoms with van der Waals surface area (Å²) >= 11 is 0. The Bertz CT molecular complexity index is 764. The van der Waals surface area contributed by atoms with Gasteiger partial charge in [-0.3, -0.25) is 0 Å². The minimum absolute atomic E-state index is 0.757. The van der Waals surface area contributed by atoms with Gasteiger partial charge in [-0.2, -0.15) is 0 Å². The molecular weight excluding hydrogens is 396 g/mol. The molecule has 0 radical (unpaired) electrons. The van der Waals surface area contributed by atoms with Gasteiger partial charge >= 0.3 is 0 Å². The minimum Gasteiger partial charge on any atom is -0.0730 e. The largest absolute Gasteiger partial charge is 0.0730 e. The lowest BCUT2D eigenvalue weighted by molar-refractivity contribution is 0.152. The standard InChI is InChI=1S/C33H48/c1-3-7-27-12-20-31(21-13-27)33-24-16-29(17-25-33)9-6-5-8-28-14-22-32(23-15-28)30-18-10-26(4-2)11-19-30/h6,9,14-15,22-23,26-27,29-31,33H,3-4,7,10-13,16-21,24-25H2,1-2H3/b9-6+/t26-,27-,29?,30-,31-,33?. The molecule has 4 rings (SSSR count). The fourth-order valence-corrected chi connectivity index (χ4v) is 7.22. The van der Waals surface area contributed by atoms with Crippen molar-refractivity contribution in [2.75, 3.05) is 0 Å². The normalized spacial score (nSPS) is 32.9. The van der Waals surface area contributed by atoms with Gasteiger partial charge in [0.2, 0.25) is 0 Å². The van der Waals surface area contributed by atoms with Gasteiger partial charge in [0.05, 0.1) is 0 Å². The zero-order chi connectivity index (χ0) is 22.9. The van der Waals surface area contributed by atoms with Crippen molar-refractivity contribution >= 4 is 0 Å². The number of rotatable bonds is 6. The van der Waals surface area contributed by atoms with Crippen molar-refractivity contribution in [1.82, 2.24) is 0 Å². The molecule has 0 saturated heterocycles. The summed E-state index contributed by atoms with van der Waals surface area (Å²) in [5.41, 5.74) is 2.69. The minimum atomic E-state index is 0.757. The molecule has 33 heavy (non-hydrogen) atoms. The molecule has 0 aromatic heterocycles. The van der Waals surface area contributed by atoms with Gasteiger partial charge in [-0.25, -0.2) is 0 Å². The van der Waals surface area contributed by atoms with E-state index in [1.54, 1.807) is 0 Å². The maximum atomic E-state index is 3.37. The first kappa shape index (κ1) is 24.6. The van der Waals surface area contributed by atoms with Crippen LogP contribution in [0.1, 0.15) is 127 Å². The highest BCUT2D eigenvalue weighted by Gasteiger charge is 2.30. The Kier molecular flexibility index (Phi) is 9.58. The topological polar surface area (TPSA) is 0 Å². The predicted molar refractivity (Wildman–Crippen MR) is 143 cm³/mol. The van der Waals surface area contributed by atoms with E-state index in [0.717, 1.165) is 41.1 Å². The highest BCUT2D eigenvalue weighted by molar-refractivity contribution is 5.39. The van der Waals surface area contributed by atoms with E-state index >= 15 is 0 Å². The van der Waals surface area contributed by atoms with Crippen LogP contribution in [0.3, 0.4) is 0 Å². The molecule has 3 aliphatic carbocycles. The molecule has 180 valence electrons. The summed E-state index contributed by atoms with van der Waals surface area (Å²) in [5.74, 6) is 12.3. The van der Waals surface area contributed by atoms with Crippen LogP contribution in [0.4, 0.5) is 0 Å². The van der Waals surface area contributed by atoms with E-state index in [1.807, 2.05) is 0 Å². The van der Waals surface area contributed by atoms with Crippen LogP contribution in [0.25, 0.3) is 0 Å². The molecule has 0 N–H and O–H groups in total. The SMILES string of the molecule is CCC[C@H]1CC[C@H](C2CCC(/C=C/C#Cc3ccc([C@H]4CC[C@H](CC)CC4)cc3)CC2)CC1. The lowest BCUT2D eigenvalue weighted by atomic mass is 9.69. The van der Waals surface area contributed by atoms with Crippen molar-refractivity contribution in [3.8, 4) is 11.8 Å². The van der Waals surface area contributed by atoms with Crippen LogP contribution >= 0.6 is 0 Å². The zero-order valence-electron chi connectivity index (χ0n) is 21.5. The Hall–Kier alpha value is -1.48. The van der Waals surface area contributed by atoms with Crippen LogP contribution in [-0.4, -0.2) is 0 Å². The maximum absolute atomic E-state index is 3.37. The molecule has 0 atom stereocenters. The molecule has 0 amide bonds. The summed E-state index contributed by atoms with van der Waals surface area (Å²) in [4.78, 5) is 0. The van der Waals surface area contributed by atoms with Crippen molar-refractivity contribution in [3.05, 3.63) is 47.5 Å². The van der Waals surface area contributed by atoms with E-state index in [-0.39, 0.29) is 0 Å². The molecule has 0 nitrogen and oxygen atoms in total. The summed E-state index contributed by atoms with van der Waals surface area (Å²) in [6.07, 6.45) is 26.0. The van der Waals surface area contributed by atoms with Gasteiger partial charge < -0.3 is 0 Å². The molecule has 1 aromatic rings. The molecule has 0 heterocycles. The molecule has 3 aliphatic rings. The molecule has 0 bridgehead atoms. The van der Waals surface area contributed by atoms with Crippen molar-refractivity contribution in [1.29, 1.82) is 0 Å². The fraction of sp³-hybridized carbons (Fsp3) is 0.697. The average molecular weight is 445 g/mol. The van der Waals surface area contributed by atoms with Crippen LogP contribution in [0.5, 0.6) is 0 Å². The summed E-state index contributed by atoms with van der Waals surface area (Å²) in [6, 6.07) is 9.15.